The third-order valence-corrected chi connectivity index (χ3v) is 5.20. The highest BCUT2D eigenvalue weighted by Gasteiger charge is 2.33. The molecule has 3 rings (SSSR count). The minimum Gasteiger partial charge on any atom is -0.444 e. The summed E-state index contributed by atoms with van der Waals surface area (Å²) in [7, 11) is 0. The molecule has 0 saturated heterocycles. The van der Waals surface area contributed by atoms with Gasteiger partial charge in [-0.2, -0.15) is 0 Å². The van der Waals surface area contributed by atoms with E-state index in [0.29, 0.717) is 5.56 Å². The number of benzene rings is 2. The summed E-state index contributed by atoms with van der Waals surface area (Å²) in [6.07, 6.45) is -1.31. The highest BCUT2D eigenvalue weighted by atomic mass is 16.6. The van der Waals surface area contributed by atoms with Crippen LogP contribution in [0.1, 0.15) is 78.2 Å². The van der Waals surface area contributed by atoms with Gasteiger partial charge in [-0.15, -0.1) is 4.99 Å². The van der Waals surface area contributed by atoms with E-state index in [4.69, 9.17) is 14.2 Å². The summed E-state index contributed by atoms with van der Waals surface area (Å²) in [5.74, 6) is -0.824. The van der Waals surface area contributed by atoms with Crippen LogP contribution in [0.4, 0.5) is 14.4 Å². The van der Waals surface area contributed by atoms with Crippen molar-refractivity contribution >= 4 is 46.9 Å². The van der Waals surface area contributed by atoms with Crippen molar-refractivity contribution in [2.24, 2.45) is 4.99 Å². The molecule has 0 aliphatic heterocycles. The number of nitrogens with one attached hydrogen (secondary N) is 1. The predicted molar refractivity (Wildman–Crippen MR) is 152 cm³/mol. The maximum atomic E-state index is 13.6. The molecular formula is C30H37N3O7. The molecule has 1 aliphatic rings. The smallest absolute Gasteiger partial charge is 0.437 e. The highest BCUT2D eigenvalue weighted by molar-refractivity contribution is 6.23. The van der Waals surface area contributed by atoms with Crippen molar-refractivity contribution in [3.8, 4) is 0 Å². The van der Waals surface area contributed by atoms with Gasteiger partial charge < -0.3 is 14.2 Å². The molecule has 0 atom stereocenters. The Kier molecular flexibility index (Phi) is 8.43. The Morgan fingerprint density at radius 3 is 1.98 bits per heavy atom. The van der Waals surface area contributed by atoms with Crippen molar-refractivity contribution < 1.29 is 33.4 Å². The summed E-state index contributed by atoms with van der Waals surface area (Å²) in [5, 5.41) is 4.08. The number of Topliss-reactive ketones (excluding diaryl/α,β-unsaturated/α-hetero) is 1. The van der Waals surface area contributed by atoms with Crippen LogP contribution in [0.3, 0.4) is 0 Å². The molecule has 0 aromatic heterocycles. The number of hydrogen-bond donors (Lipinski definition) is 1. The van der Waals surface area contributed by atoms with E-state index in [9.17, 15) is 19.2 Å². The highest BCUT2D eigenvalue weighted by Crippen LogP contribution is 2.31. The fourth-order valence-corrected chi connectivity index (χ4v) is 3.86. The molecule has 0 unspecified atom stereocenters. The number of rotatable bonds is 2. The van der Waals surface area contributed by atoms with E-state index in [2.05, 4.69) is 10.3 Å². The van der Waals surface area contributed by atoms with Gasteiger partial charge in [0.2, 0.25) is 5.96 Å². The monoisotopic (exact) mass is 551 g/mol. The Hall–Kier alpha value is -4.21. The minimum absolute atomic E-state index is 0.222. The van der Waals surface area contributed by atoms with Crippen molar-refractivity contribution in [2.75, 3.05) is 6.54 Å². The van der Waals surface area contributed by atoms with Crippen molar-refractivity contribution in [3.05, 3.63) is 53.1 Å². The van der Waals surface area contributed by atoms with Crippen LogP contribution >= 0.6 is 0 Å². The lowest BCUT2D eigenvalue weighted by Crippen LogP contribution is -2.51. The van der Waals surface area contributed by atoms with Crippen molar-refractivity contribution in [1.82, 2.24) is 10.2 Å². The van der Waals surface area contributed by atoms with Crippen molar-refractivity contribution in [2.45, 2.75) is 79.1 Å². The maximum Gasteiger partial charge on any atom is 0.437 e. The fraction of sp³-hybridized carbons (Fsp3) is 0.433. The molecule has 2 aromatic rings. The second-order valence-corrected chi connectivity index (χ2v) is 12.4. The Bertz CT molecular complexity index is 1400. The van der Waals surface area contributed by atoms with Crippen LogP contribution in [0.25, 0.3) is 16.8 Å². The summed E-state index contributed by atoms with van der Waals surface area (Å²) in [4.78, 5) is 57.4. The molecule has 10 nitrogen and oxygen atoms in total. The standard InChI is InChI=1S/C30H37N3O7/c1-28(2,3)38-25(35)31-24(32-26(36)39-29(4,5)6)33(27(37)40-30(7,8)9)17-20-16-19-14-10-12-18-13-11-15-21(22(18)19)23(20)34/h10-16H,17H2,1-9H3,(H,31,32,35,36). The number of ketones is 1. The number of alkyl carbamates (subject to hydrolysis) is 1. The largest absolute Gasteiger partial charge is 0.444 e. The third kappa shape index (κ3) is 8.14. The molecule has 1 aliphatic carbocycles. The molecule has 214 valence electrons. The van der Waals surface area contributed by atoms with Gasteiger partial charge in [0.25, 0.3) is 0 Å². The maximum absolute atomic E-state index is 13.6. The number of hydrogen-bond acceptors (Lipinski definition) is 7. The molecule has 0 bridgehead atoms. The Morgan fingerprint density at radius 1 is 0.825 bits per heavy atom. The summed E-state index contributed by atoms with van der Waals surface area (Å²) in [5.41, 5.74) is -1.25. The SMILES string of the molecule is CC(C)(C)OC(=O)/N=C(/NC(=O)OC(C)(C)C)N(CC1=Cc2cccc3cccc(c23)C1=O)C(=O)OC(C)(C)C. The number of ether oxygens (including phenoxy) is 3. The molecule has 0 radical (unpaired) electrons. The number of aliphatic imine (C=N–C) groups is 1. The Balaban J connectivity index is 2.10. The first-order valence-electron chi connectivity index (χ1n) is 12.9. The average molecular weight is 552 g/mol. The van der Waals surface area contributed by atoms with Gasteiger partial charge in [0.05, 0.1) is 6.54 Å². The van der Waals surface area contributed by atoms with Gasteiger partial charge in [-0.3, -0.25) is 10.1 Å². The molecule has 1 N–H and O–H groups in total. The quantitative estimate of drug-likeness (QED) is 0.258. The summed E-state index contributed by atoms with van der Waals surface area (Å²) in [6.45, 7) is 14.6. The zero-order chi connectivity index (χ0) is 30.0. The second kappa shape index (κ2) is 11.1. The number of guanidine groups is 1. The first-order valence-corrected chi connectivity index (χ1v) is 12.9. The van der Waals surface area contributed by atoms with Crippen molar-refractivity contribution in [3.63, 3.8) is 0 Å². The van der Waals surface area contributed by atoms with E-state index >= 15 is 0 Å². The van der Waals surface area contributed by atoms with Crippen LogP contribution in [0.5, 0.6) is 0 Å². The molecule has 40 heavy (non-hydrogen) atoms. The van der Waals surface area contributed by atoms with Gasteiger partial charge in [-0.1, -0.05) is 36.4 Å². The first kappa shape index (κ1) is 30.3. The van der Waals surface area contributed by atoms with E-state index in [1.807, 2.05) is 24.3 Å². The molecule has 2 aromatic carbocycles. The summed E-state index contributed by atoms with van der Waals surface area (Å²) >= 11 is 0. The van der Waals surface area contributed by atoms with E-state index in [-0.39, 0.29) is 17.9 Å². The van der Waals surface area contributed by atoms with Gasteiger partial charge in [-0.05, 0) is 79.3 Å². The average Bonchev–Trinajstić information content (AvgIpc) is 2.76. The normalized spacial score (nSPS) is 13.9. The summed E-state index contributed by atoms with van der Waals surface area (Å²) in [6, 6.07) is 11.1. The van der Waals surface area contributed by atoms with E-state index in [1.165, 1.54) is 0 Å². The first-order chi connectivity index (χ1) is 18.3. The van der Waals surface area contributed by atoms with E-state index in [1.54, 1.807) is 80.5 Å². The van der Waals surface area contributed by atoms with Gasteiger partial charge in [-0.25, -0.2) is 19.3 Å². The topological polar surface area (TPSA) is 124 Å². The molecular weight excluding hydrogens is 514 g/mol. The van der Waals surface area contributed by atoms with Gasteiger partial charge >= 0.3 is 18.3 Å². The number of nitrogens with zero attached hydrogens (tertiary/aromatic N) is 2. The minimum atomic E-state index is -1.06. The van der Waals surface area contributed by atoms with Crippen molar-refractivity contribution in [1.29, 1.82) is 0 Å². The second-order valence-electron chi connectivity index (χ2n) is 12.4. The van der Waals surface area contributed by atoms with Crippen LogP contribution in [0, 0.1) is 0 Å². The van der Waals surface area contributed by atoms with Crippen LogP contribution in [-0.2, 0) is 14.2 Å². The van der Waals surface area contributed by atoms with Crippen LogP contribution in [0.15, 0.2) is 47.0 Å². The molecule has 3 amide bonds. The van der Waals surface area contributed by atoms with E-state index < -0.39 is 41.0 Å². The predicted octanol–water partition coefficient (Wildman–Crippen LogP) is 6.47. The molecule has 10 heteroatoms. The molecule has 0 saturated carbocycles. The number of carbonyl (C=O) groups is 4. The fourth-order valence-electron chi connectivity index (χ4n) is 3.86. The van der Waals surface area contributed by atoms with Gasteiger partial charge in [0.15, 0.2) is 5.78 Å². The van der Waals surface area contributed by atoms with E-state index in [0.717, 1.165) is 21.2 Å². The molecule has 0 heterocycles. The van der Waals surface area contributed by atoms with Gasteiger partial charge in [0, 0.05) is 16.5 Å². The lowest BCUT2D eigenvalue weighted by molar-refractivity contribution is 0.0369. The summed E-state index contributed by atoms with van der Waals surface area (Å²) < 4.78 is 16.2. The molecule has 0 spiro atoms. The third-order valence-electron chi connectivity index (χ3n) is 5.20. The number of carbonyl (C=O) groups excluding carboxylic acids is 4. The van der Waals surface area contributed by atoms with Crippen LogP contribution in [-0.4, -0.2) is 58.3 Å². The Labute approximate surface area is 234 Å². The van der Waals surface area contributed by atoms with Crippen LogP contribution < -0.4 is 5.32 Å². The lowest BCUT2D eigenvalue weighted by atomic mass is 9.88. The van der Waals surface area contributed by atoms with Gasteiger partial charge in [0.1, 0.15) is 16.8 Å². The Morgan fingerprint density at radius 2 is 1.40 bits per heavy atom. The zero-order valence-corrected chi connectivity index (χ0v) is 24.5. The lowest BCUT2D eigenvalue weighted by Gasteiger charge is -2.30. The number of amides is 3. The molecule has 0 fully saturated rings. The zero-order valence-electron chi connectivity index (χ0n) is 24.5. The van der Waals surface area contributed by atoms with Crippen LogP contribution in [0.2, 0.25) is 0 Å².